The minimum absolute atomic E-state index is 0.358. The highest BCUT2D eigenvalue weighted by Gasteiger charge is 2.25. The number of rotatable bonds is 4. The molecule has 1 saturated heterocycles. The van der Waals surface area contributed by atoms with Gasteiger partial charge in [0.05, 0.1) is 0 Å². The fourth-order valence-electron chi connectivity index (χ4n) is 2.36. The van der Waals surface area contributed by atoms with Crippen LogP contribution in [0.3, 0.4) is 0 Å². The molecule has 1 N–H and O–H groups in total. The lowest BCUT2D eigenvalue weighted by Crippen LogP contribution is -2.28. The fraction of sp³-hybridized carbons (Fsp3) is 0.571. The fourth-order valence-corrected chi connectivity index (χ4v) is 2.36. The predicted molar refractivity (Wildman–Crippen MR) is 66.9 cm³/mol. The van der Waals surface area contributed by atoms with Crippen LogP contribution in [0, 0.1) is 12.8 Å². The molecule has 1 fully saturated rings. The number of aryl methyl sites for hydroxylation is 1. The molecule has 0 aliphatic carbocycles. The third-order valence-corrected chi connectivity index (χ3v) is 3.40. The Hall–Kier alpha value is -1.02. The smallest absolute Gasteiger partial charge is 0.122 e. The Morgan fingerprint density at radius 3 is 2.88 bits per heavy atom. The first-order valence-electron chi connectivity index (χ1n) is 6.24. The van der Waals surface area contributed by atoms with Crippen molar-refractivity contribution in [1.29, 1.82) is 0 Å². The van der Waals surface area contributed by atoms with E-state index in [9.17, 15) is 0 Å². The molecule has 0 unspecified atom stereocenters. The molecule has 88 valence electrons. The minimum Gasteiger partial charge on any atom is -0.490 e. The zero-order valence-electron chi connectivity index (χ0n) is 10.2. The predicted octanol–water partition coefficient (Wildman–Crippen LogP) is 2.76. The third kappa shape index (κ3) is 2.56. The van der Waals surface area contributed by atoms with Gasteiger partial charge in [-0.15, -0.1) is 0 Å². The molecular formula is C14H21NO. The first kappa shape index (κ1) is 11.5. The Labute approximate surface area is 98.0 Å². The van der Waals surface area contributed by atoms with Crippen molar-refractivity contribution in [2.45, 2.75) is 32.8 Å². The van der Waals surface area contributed by atoms with E-state index in [4.69, 9.17) is 4.74 Å². The molecule has 0 spiro atoms. The van der Waals surface area contributed by atoms with Crippen LogP contribution in [0.15, 0.2) is 24.3 Å². The van der Waals surface area contributed by atoms with Gasteiger partial charge in [-0.1, -0.05) is 25.1 Å². The molecule has 0 aromatic heterocycles. The Morgan fingerprint density at radius 1 is 1.44 bits per heavy atom. The molecule has 1 aliphatic heterocycles. The van der Waals surface area contributed by atoms with E-state index in [1.807, 2.05) is 6.07 Å². The van der Waals surface area contributed by atoms with Gasteiger partial charge in [0.1, 0.15) is 11.9 Å². The molecule has 0 amide bonds. The minimum atomic E-state index is 0.358. The van der Waals surface area contributed by atoms with Gasteiger partial charge >= 0.3 is 0 Å². The van der Waals surface area contributed by atoms with Gasteiger partial charge in [0, 0.05) is 12.5 Å². The molecule has 2 atom stereocenters. The van der Waals surface area contributed by atoms with Crippen LogP contribution < -0.4 is 10.1 Å². The molecule has 0 bridgehead atoms. The molecule has 2 heteroatoms. The summed E-state index contributed by atoms with van der Waals surface area (Å²) in [6.07, 6.45) is 2.68. The molecule has 1 aliphatic rings. The maximum absolute atomic E-state index is 6.14. The first-order chi connectivity index (χ1) is 7.81. The van der Waals surface area contributed by atoms with Crippen molar-refractivity contribution in [3.8, 4) is 5.75 Å². The van der Waals surface area contributed by atoms with E-state index in [2.05, 4.69) is 37.4 Å². The summed E-state index contributed by atoms with van der Waals surface area (Å²) in [7, 11) is 0. The van der Waals surface area contributed by atoms with E-state index >= 15 is 0 Å². The van der Waals surface area contributed by atoms with E-state index < -0.39 is 0 Å². The SMILES string of the molecule is CC[C@@H](Oc1ccccc1C)[C@H]1CCNC1. The third-order valence-electron chi connectivity index (χ3n) is 3.40. The van der Waals surface area contributed by atoms with E-state index in [1.54, 1.807) is 0 Å². The lowest BCUT2D eigenvalue weighted by atomic mass is 9.99. The molecule has 0 saturated carbocycles. The van der Waals surface area contributed by atoms with E-state index in [-0.39, 0.29) is 0 Å². The van der Waals surface area contributed by atoms with Crippen molar-refractivity contribution in [2.24, 2.45) is 5.92 Å². The summed E-state index contributed by atoms with van der Waals surface area (Å²) in [4.78, 5) is 0. The highest BCUT2D eigenvalue weighted by Crippen LogP contribution is 2.24. The molecular weight excluding hydrogens is 198 g/mol. The number of nitrogens with one attached hydrogen (secondary N) is 1. The van der Waals surface area contributed by atoms with E-state index in [1.165, 1.54) is 12.0 Å². The first-order valence-corrected chi connectivity index (χ1v) is 6.24. The summed E-state index contributed by atoms with van der Waals surface area (Å²) in [6.45, 7) is 6.55. The van der Waals surface area contributed by atoms with Crippen molar-refractivity contribution in [1.82, 2.24) is 5.32 Å². The Morgan fingerprint density at radius 2 is 2.25 bits per heavy atom. The van der Waals surface area contributed by atoms with Crippen LogP contribution >= 0.6 is 0 Å². The highest BCUT2D eigenvalue weighted by molar-refractivity contribution is 5.32. The molecule has 2 rings (SSSR count). The second kappa shape index (κ2) is 5.35. The van der Waals surface area contributed by atoms with Crippen LogP contribution in [-0.2, 0) is 0 Å². The van der Waals surface area contributed by atoms with Crippen LogP contribution in [-0.4, -0.2) is 19.2 Å². The van der Waals surface area contributed by atoms with Crippen molar-refractivity contribution < 1.29 is 4.74 Å². The largest absolute Gasteiger partial charge is 0.490 e. The standard InChI is InChI=1S/C14H21NO/c1-3-13(12-8-9-15-10-12)16-14-7-5-4-6-11(14)2/h4-7,12-13,15H,3,8-10H2,1-2H3/t12-,13+/m0/s1. The van der Waals surface area contributed by atoms with Crippen molar-refractivity contribution in [2.75, 3.05) is 13.1 Å². The maximum Gasteiger partial charge on any atom is 0.122 e. The summed E-state index contributed by atoms with van der Waals surface area (Å²) in [5.41, 5.74) is 1.23. The normalized spacial score (nSPS) is 22.0. The Kier molecular flexibility index (Phi) is 3.83. The summed E-state index contributed by atoms with van der Waals surface area (Å²) in [5.74, 6) is 1.71. The van der Waals surface area contributed by atoms with Crippen LogP contribution in [0.5, 0.6) is 5.75 Å². The van der Waals surface area contributed by atoms with E-state index in [0.29, 0.717) is 12.0 Å². The topological polar surface area (TPSA) is 21.3 Å². The monoisotopic (exact) mass is 219 g/mol. The zero-order valence-corrected chi connectivity index (χ0v) is 10.2. The van der Waals surface area contributed by atoms with Gasteiger partial charge < -0.3 is 10.1 Å². The Balaban J connectivity index is 2.03. The zero-order chi connectivity index (χ0) is 11.4. The number of benzene rings is 1. The van der Waals surface area contributed by atoms with Crippen molar-refractivity contribution in [3.05, 3.63) is 29.8 Å². The maximum atomic E-state index is 6.14. The molecule has 1 aromatic carbocycles. The molecule has 16 heavy (non-hydrogen) atoms. The van der Waals surface area contributed by atoms with Gasteiger partial charge in [-0.3, -0.25) is 0 Å². The second-order valence-electron chi connectivity index (χ2n) is 4.58. The quantitative estimate of drug-likeness (QED) is 0.840. The van der Waals surface area contributed by atoms with Crippen LogP contribution in [0.2, 0.25) is 0 Å². The molecule has 2 nitrogen and oxygen atoms in total. The molecule has 1 heterocycles. The number of para-hydroxylation sites is 1. The summed E-state index contributed by atoms with van der Waals surface area (Å²) < 4.78 is 6.14. The van der Waals surface area contributed by atoms with Gasteiger partial charge in [-0.05, 0) is 37.9 Å². The average molecular weight is 219 g/mol. The summed E-state index contributed by atoms with van der Waals surface area (Å²) in [6, 6.07) is 8.28. The van der Waals surface area contributed by atoms with Gasteiger partial charge in [0.25, 0.3) is 0 Å². The van der Waals surface area contributed by atoms with Gasteiger partial charge in [-0.25, -0.2) is 0 Å². The van der Waals surface area contributed by atoms with Crippen molar-refractivity contribution in [3.63, 3.8) is 0 Å². The Bertz CT molecular complexity index is 331. The molecule has 1 aromatic rings. The van der Waals surface area contributed by atoms with Gasteiger partial charge in [0.15, 0.2) is 0 Å². The van der Waals surface area contributed by atoms with Crippen LogP contribution in [0.1, 0.15) is 25.3 Å². The van der Waals surface area contributed by atoms with Gasteiger partial charge in [-0.2, -0.15) is 0 Å². The number of hydrogen-bond donors (Lipinski definition) is 1. The lowest BCUT2D eigenvalue weighted by Gasteiger charge is -2.24. The number of hydrogen-bond acceptors (Lipinski definition) is 2. The van der Waals surface area contributed by atoms with E-state index in [0.717, 1.165) is 25.3 Å². The summed E-state index contributed by atoms with van der Waals surface area (Å²) >= 11 is 0. The number of ether oxygens (including phenoxy) is 1. The lowest BCUT2D eigenvalue weighted by molar-refractivity contribution is 0.137. The van der Waals surface area contributed by atoms with Crippen molar-refractivity contribution >= 4 is 0 Å². The average Bonchev–Trinajstić information content (AvgIpc) is 2.81. The van der Waals surface area contributed by atoms with Gasteiger partial charge in [0.2, 0.25) is 0 Å². The van der Waals surface area contributed by atoms with Crippen LogP contribution in [0.25, 0.3) is 0 Å². The van der Waals surface area contributed by atoms with Crippen LogP contribution in [0.4, 0.5) is 0 Å². The second-order valence-corrected chi connectivity index (χ2v) is 4.58. The highest BCUT2D eigenvalue weighted by atomic mass is 16.5. The summed E-state index contributed by atoms with van der Waals surface area (Å²) in [5, 5.41) is 3.41. The molecule has 0 radical (unpaired) electrons.